The van der Waals surface area contributed by atoms with E-state index in [0.29, 0.717) is 23.1 Å². The minimum absolute atomic E-state index is 0.400. The molecule has 8 nitrogen and oxygen atoms in total. The van der Waals surface area contributed by atoms with Crippen LogP contribution in [0, 0.1) is 11.8 Å². The smallest absolute Gasteiger partial charge is 0.338 e. The van der Waals surface area contributed by atoms with E-state index in [1.807, 2.05) is 18.3 Å². The van der Waals surface area contributed by atoms with Gasteiger partial charge < -0.3 is 23.9 Å². The normalized spacial score (nSPS) is 18.1. The summed E-state index contributed by atoms with van der Waals surface area (Å²) in [6, 6.07) is 9.85. The molecule has 1 N–H and O–H groups in total. The van der Waals surface area contributed by atoms with Crippen molar-refractivity contribution < 1.29 is 14.3 Å². The van der Waals surface area contributed by atoms with Gasteiger partial charge in [-0.05, 0) is 74.5 Å². The summed E-state index contributed by atoms with van der Waals surface area (Å²) in [7, 11) is 3.03. The first kappa shape index (κ1) is 21.2. The topological polar surface area (TPSA) is 83.2 Å². The zero-order valence-corrected chi connectivity index (χ0v) is 19.6. The number of ether oxygens (including phenoxy) is 2. The van der Waals surface area contributed by atoms with Crippen LogP contribution in [0.15, 0.2) is 36.5 Å². The van der Waals surface area contributed by atoms with Crippen molar-refractivity contribution in [3.8, 4) is 17.3 Å². The molecule has 0 spiro atoms. The third-order valence-electron chi connectivity index (χ3n) is 7.07. The molecule has 1 aliphatic carbocycles. The van der Waals surface area contributed by atoms with Crippen LogP contribution in [0.5, 0.6) is 5.75 Å². The summed E-state index contributed by atoms with van der Waals surface area (Å²) in [4.78, 5) is 22.1. The number of fused-ring (bicyclic) bond motifs is 2. The Balaban J connectivity index is 1.60. The summed E-state index contributed by atoms with van der Waals surface area (Å²) < 4.78 is 15.4. The zero-order chi connectivity index (χ0) is 23.2. The molecule has 2 aliphatic rings. The highest BCUT2D eigenvalue weighted by Gasteiger charge is 2.28. The minimum Gasteiger partial charge on any atom is -0.494 e. The van der Waals surface area contributed by atoms with Crippen molar-refractivity contribution in [2.24, 2.45) is 11.8 Å². The average molecular weight is 460 g/mol. The van der Waals surface area contributed by atoms with Crippen molar-refractivity contribution in [2.45, 2.75) is 32.4 Å². The second-order valence-corrected chi connectivity index (χ2v) is 9.44. The highest BCUT2D eigenvalue weighted by molar-refractivity contribution is 5.97. The first-order valence-electron chi connectivity index (χ1n) is 12.0. The molecule has 4 heterocycles. The van der Waals surface area contributed by atoms with Gasteiger partial charge in [-0.15, -0.1) is 0 Å². The van der Waals surface area contributed by atoms with Crippen LogP contribution in [-0.2, 0) is 17.8 Å². The molecular weight excluding hydrogens is 430 g/mol. The Morgan fingerprint density at radius 2 is 1.97 bits per heavy atom. The molecule has 1 saturated heterocycles. The van der Waals surface area contributed by atoms with Gasteiger partial charge in [0.1, 0.15) is 16.9 Å². The van der Waals surface area contributed by atoms with E-state index >= 15 is 0 Å². The molecule has 34 heavy (non-hydrogen) atoms. The second kappa shape index (κ2) is 8.43. The largest absolute Gasteiger partial charge is 0.494 e. The Bertz CT molecular complexity index is 1380. The van der Waals surface area contributed by atoms with Crippen LogP contribution in [-0.4, -0.2) is 52.4 Å². The lowest BCUT2D eigenvalue weighted by molar-refractivity contribution is 0.0600. The quantitative estimate of drug-likeness (QED) is 0.423. The number of nitrogens with zero attached hydrogens (tertiary/aromatic N) is 4. The summed E-state index contributed by atoms with van der Waals surface area (Å²) >= 11 is 0. The zero-order valence-electron chi connectivity index (χ0n) is 19.6. The number of hydrogen-bond donors (Lipinski definition) is 1. The maximum absolute atomic E-state index is 12.3. The van der Waals surface area contributed by atoms with Crippen molar-refractivity contribution in [2.75, 3.05) is 27.3 Å². The molecule has 1 aliphatic heterocycles. The van der Waals surface area contributed by atoms with E-state index in [1.165, 1.54) is 20.0 Å². The van der Waals surface area contributed by atoms with Crippen LogP contribution >= 0.6 is 0 Å². The number of nitrogens with one attached hydrogen (secondary N) is 1. The fourth-order valence-electron chi connectivity index (χ4n) is 5.14. The second-order valence-electron chi connectivity index (χ2n) is 9.44. The number of pyridine rings is 1. The number of imidazole rings is 1. The fourth-order valence-corrected chi connectivity index (χ4v) is 5.14. The molecular formula is C26H29N5O3. The summed E-state index contributed by atoms with van der Waals surface area (Å²) in [6.45, 7) is 3.77. The monoisotopic (exact) mass is 459 g/mol. The van der Waals surface area contributed by atoms with Gasteiger partial charge in [0.2, 0.25) is 0 Å². The molecule has 0 amide bonds. The van der Waals surface area contributed by atoms with E-state index in [1.54, 1.807) is 13.2 Å². The van der Waals surface area contributed by atoms with Crippen LogP contribution < -0.4 is 10.1 Å². The van der Waals surface area contributed by atoms with E-state index < -0.39 is 5.97 Å². The summed E-state index contributed by atoms with van der Waals surface area (Å²) in [5, 5.41) is 4.59. The van der Waals surface area contributed by atoms with Crippen molar-refractivity contribution >= 4 is 28.0 Å². The van der Waals surface area contributed by atoms with Gasteiger partial charge in [-0.2, -0.15) is 0 Å². The molecule has 3 aromatic heterocycles. The van der Waals surface area contributed by atoms with Crippen LogP contribution in [0.1, 0.15) is 29.6 Å². The van der Waals surface area contributed by atoms with Gasteiger partial charge in [0.25, 0.3) is 0 Å². The molecule has 2 fully saturated rings. The van der Waals surface area contributed by atoms with Gasteiger partial charge in [-0.3, -0.25) is 0 Å². The highest BCUT2D eigenvalue weighted by Crippen LogP contribution is 2.38. The third-order valence-corrected chi connectivity index (χ3v) is 7.07. The van der Waals surface area contributed by atoms with Crippen LogP contribution in [0.3, 0.4) is 0 Å². The minimum atomic E-state index is -0.400. The number of carbonyl (C=O) groups is 1. The maximum atomic E-state index is 12.3. The lowest BCUT2D eigenvalue weighted by Gasteiger charge is -2.16. The van der Waals surface area contributed by atoms with Crippen molar-refractivity contribution in [3.63, 3.8) is 0 Å². The van der Waals surface area contributed by atoms with Crippen molar-refractivity contribution in [1.82, 2.24) is 24.4 Å². The van der Waals surface area contributed by atoms with E-state index in [2.05, 4.69) is 26.6 Å². The molecule has 6 rings (SSSR count). The Morgan fingerprint density at radius 1 is 1.12 bits per heavy atom. The number of benzene rings is 1. The summed E-state index contributed by atoms with van der Waals surface area (Å²) in [5.41, 5.74) is 4.13. The maximum Gasteiger partial charge on any atom is 0.338 e. The highest BCUT2D eigenvalue weighted by atomic mass is 16.5. The summed E-state index contributed by atoms with van der Waals surface area (Å²) in [5.74, 6) is 2.31. The van der Waals surface area contributed by atoms with E-state index in [0.717, 1.165) is 66.2 Å². The number of rotatable bonds is 7. The Kier molecular flexibility index (Phi) is 5.25. The average Bonchev–Trinajstić information content (AvgIpc) is 3.24. The molecule has 176 valence electrons. The molecule has 0 bridgehead atoms. The SMILES string of the molecule is COC(=O)c1cc(OC)c2c(c1)nc(-c1cc3cccnc3n1CC1CC1)n2C[C@H]1CCNC1. The van der Waals surface area contributed by atoms with E-state index in [-0.39, 0.29) is 0 Å². The van der Waals surface area contributed by atoms with Crippen LogP contribution in [0.4, 0.5) is 0 Å². The number of esters is 1. The summed E-state index contributed by atoms with van der Waals surface area (Å²) in [6.07, 6.45) is 5.49. The van der Waals surface area contributed by atoms with E-state index in [9.17, 15) is 4.79 Å². The van der Waals surface area contributed by atoms with Crippen molar-refractivity contribution in [1.29, 1.82) is 0 Å². The van der Waals surface area contributed by atoms with Gasteiger partial charge in [-0.1, -0.05) is 0 Å². The van der Waals surface area contributed by atoms with Gasteiger partial charge in [-0.25, -0.2) is 14.8 Å². The van der Waals surface area contributed by atoms with Crippen LogP contribution in [0.2, 0.25) is 0 Å². The Morgan fingerprint density at radius 3 is 2.71 bits per heavy atom. The number of carbonyl (C=O) groups excluding carboxylic acids is 1. The van der Waals surface area contributed by atoms with Crippen molar-refractivity contribution in [3.05, 3.63) is 42.1 Å². The molecule has 1 aromatic carbocycles. The molecule has 0 radical (unpaired) electrons. The van der Waals surface area contributed by atoms with Gasteiger partial charge >= 0.3 is 5.97 Å². The molecule has 4 aromatic rings. The van der Waals surface area contributed by atoms with Gasteiger partial charge in [0.05, 0.1) is 31.0 Å². The van der Waals surface area contributed by atoms with Crippen LogP contribution in [0.25, 0.3) is 33.6 Å². The number of methoxy groups -OCH3 is 2. The van der Waals surface area contributed by atoms with Gasteiger partial charge in [0, 0.05) is 24.7 Å². The number of aromatic nitrogens is 4. The van der Waals surface area contributed by atoms with E-state index in [4.69, 9.17) is 19.4 Å². The molecule has 0 unspecified atom stereocenters. The molecule has 1 atom stereocenters. The first-order chi connectivity index (χ1) is 16.7. The molecule has 8 heteroatoms. The predicted molar refractivity (Wildman–Crippen MR) is 130 cm³/mol. The number of hydrogen-bond acceptors (Lipinski definition) is 6. The first-order valence-corrected chi connectivity index (χ1v) is 12.0. The lowest BCUT2D eigenvalue weighted by Crippen LogP contribution is -2.16. The Labute approximate surface area is 197 Å². The van der Waals surface area contributed by atoms with Gasteiger partial charge in [0.15, 0.2) is 5.82 Å². The molecule has 1 saturated carbocycles. The standard InChI is InChI=1S/C26H29N5O3/c1-33-22-12-19(26(32)34-2)10-20-23(22)31(15-17-7-9-27-13-17)25(29-20)21-11-18-4-3-8-28-24(18)30(21)14-16-5-6-16/h3-4,8,10-12,16-17,27H,5-7,9,13-15H2,1-2H3/t17-/m0/s1. The third kappa shape index (κ3) is 3.62. The Hall–Kier alpha value is -3.39. The predicted octanol–water partition coefficient (Wildman–Crippen LogP) is 3.87. The fraction of sp³-hybridized carbons (Fsp3) is 0.423. The lowest BCUT2D eigenvalue weighted by atomic mass is 10.1.